The Morgan fingerprint density at radius 1 is 1.23 bits per heavy atom. The van der Waals surface area contributed by atoms with Gasteiger partial charge in [0, 0.05) is 17.9 Å². The molecule has 1 aliphatic carbocycles. The molecule has 22 heavy (non-hydrogen) atoms. The third-order valence-electron chi connectivity index (χ3n) is 4.94. The van der Waals surface area contributed by atoms with E-state index in [1.807, 2.05) is 31.2 Å². The van der Waals surface area contributed by atoms with Gasteiger partial charge in [-0.05, 0) is 24.0 Å². The Hall–Kier alpha value is -2.10. The fourth-order valence-electron chi connectivity index (χ4n) is 3.77. The highest BCUT2D eigenvalue weighted by Crippen LogP contribution is 2.47. The molecule has 2 aliphatic heterocycles. The SMILES string of the molecule is CC1CC(C/C=C2/C(=O)OC3c4ccccc4CC23)OC1=O. The molecule has 2 fully saturated rings. The zero-order valence-corrected chi connectivity index (χ0v) is 12.5. The number of benzene rings is 1. The summed E-state index contributed by atoms with van der Waals surface area (Å²) in [5.74, 6) is -0.285. The maximum Gasteiger partial charge on any atom is 0.334 e. The Kier molecular flexibility index (Phi) is 3.06. The summed E-state index contributed by atoms with van der Waals surface area (Å²) in [6.45, 7) is 1.88. The van der Waals surface area contributed by atoms with E-state index >= 15 is 0 Å². The number of ether oxygens (including phenoxy) is 2. The largest absolute Gasteiger partial charge is 0.462 e. The first kappa shape index (κ1) is 13.6. The molecule has 2 heterocycles. The Morgan fingerprint density at radius 3 is 2.82 bits per heavy atom. The molecule has 0 spiro atoms. The number of cyclic esters (lactones) is 1. The molecular formula is C18H18O4. The van der Waals surface area contributed by atoms with E-state index in [4.69, 9.17) is 9.47 Å². The topological polar surface area (TPSA) is 52.6 Å². The van der Waals surface area contributed by atoms with Crippen molar-refractivity contribution < 1.29 is 19.1 Å². The van der Waals surface area contributed by atoms with Gasteiger partial charge in [0.1, 0.15) is 12.2 Å². The van der Waals surface area contributed by atoms with E-state index in [2.05, 4.69) is 6.07 Å². The van der Waals surface area contributed by atoms with Crippen molar-refractivity contribution >= 4 is 11.9 Å². The van der Waals surface area contributed by atoms with Gasteiger partial charge in [0.25, 0.3) is 0 Å². The number of rotatable bonds is 2. The van der Waals surface area contributed by atoms with Crippen LogP contribution in [0.1, 0.15) is 37.0 Å². The molecule has 4 atom stereocenters. The van der Waals surface area contributed by atoms with E-state index < -0.39 is 0 Å². The summed E-state index contributed by atoms with van der Waals surface area (Å²) in [6, 6.07) is 8.14. The van der Waals surface area contributed by atoms with E-state index in [0.29, 0.717) is 6.42 Å². The molecule has 0 bridgehead atoms. The summed E-state index contributed by atoms with van der Waals surface area (Å²) in [5.41, 5.74) is 3.14. The van der Waals surface area contributed by atoms with Gasteiger partial charge in [-0.3, -0.25) is 4.79 Å². The molecule has 1 aromatic carbocycles. The van der Waals surface area contributed by atoms with E-state index in [9.17, 15) is 9.59 Å². The maximum absolute atomic E-state index is 12.1. The van der Waals surface area contributed by atoms with Crippen molar-refractivity contribution in [3.8, 4) is 0 Å². The van der Waals surface area contributed by atoms with Gasteiger partial charge in [-0.2, -0.15) is 0 Å². The Morgan fingerprint density at radius 2 is 2.05 bits per heavy atom. The van der Waals surface area contributed by atoms with Gasteiger partial charge >= 0.3 is 11.9 Å². The lowest BCUT2D eigenvalue weighted by Crippen LogP contribution is -2.08. The highest BCUT2D eigenvalue weighted by molar-refractivity contribution is 5.92. The molecule has 3 aliphatic rings. The van der Waals surface area contributed by atoms with Crippen molar-refractivity contribution in [2.45, 2.75) is 38.4 Å². The molecule has 4 nitrogen and oxygen atoms in total. The standard InChI is InChI=1S/C18H18O4/c1-10-8-12(21-17(10)19)6-7-14-15-9-11-4-2-3-5-13(11)16(15)22-18(14)20/h2-5,7,10,12,15-16H,6,8-9H2,1H3/b14-7+. The molecule has 0 N–H and O–H groups in total. The maximum atomic E-state index is 12.1. The summed E-state index contributed by atoms with van der Waals surface area (Å²) in [6.07, 6.45) is 3.85. The third-order valence-corrected chi connectivity index (χ3v) is 4.94. The van der Waals surface area contributed by atoms with Gasteiger partial charge in [0.05, 0.1) is 5.92 Å². The number of carbonyl (C=O) groups is 2. The number of carbonyl (C=O) groups excluding carboxylic acids is 2. The van der Waals surface area contributed by atoms with Gasteiger partial charge in [-0.25, -0.2) is 4.79 Å². The molecule has 0 radical (unpaired) electrons. The summed E-state index contributed by atoms with van der Waals surface area (Å²) in [7, 11) is 0. The monoisotopic (exact) mass is 298 g/mol. The van der Waals surface area contributed by atoms with Crippen molar-refractivity contribution in [3.63, 3.8) is 0 Å². The minimum Gasteiger partial charge on any atom is -0.462 e. The lowest BCUT2D eigenvalue weighted by Gasteiger charge is -2.08. The Labute approximate surface area is 129 Å². The van der Waals surface area contributed by atoms with Crippen molar-refractivity contribution in [1.82, 2.24) is 0 Å². The van der Waals surface area contributed by atoms with Crippen LogP contribution in [-0.2, 0) is 25.5 Å². The van der Waals surface area contributed by atoms with Crippen molar-refractivity contribution in [2.24, 2.45) is 11.8 Å². The van der Waals surface area contributed by atoms with Gasteiger partial charge < -0.3 is 9.47 Å². The quantitative estimate of drug-likeness (QED) is 0.622. The molecular weight excluding hydrogens is 280 g/mol. The number of fused-ring (bicyclic) bond motifs is 3. The van der Waals surface area contributed by atoms with Gasteiger partial charge in [0.15, 0.2) is 0 Å². The smallest absolute Gasteiger partial charge is 0.334 e. The predicted molar refractivity (Wildman–Crippen MR) is 78.8 cm³/mol. The van der Waals surface area contributed by atoms with E-state index in [1.165, 1.54) is 5.56 Å². The average Bonchev–Trinajstić information content (AvgIpc) is 3.10. The van der Waals surface area contributed by atoms with Crippen LogP contribution in [0.4, 0.5) is 0 Å². The van der Waals surface area contributed by atoms with Crippen molar-refractivity contribution in [2.75, 3.05) is 0 Å². The number of hydrogen-bond acceptors (Lipinski definition) is 4. The van der Waals surface area contributed by atoms with E-state index in [1.54, 1.807) is 0 Å². The molecule has 4 unspecified atom stereocenters. The van der Waals surface area contributed by atoms with Crippen LogP contribution in [0.3, 0.4) is 0 Å². The lowest BCUT2D eigenvalue weighted by atomic mass is 9.94. The van der Waals surface area contributed by atoms with Crippen LogP contribution in [0.2, 0.25) is 0 Å². The molecule has 0 amide bonds. The van der Waals surface area contributed by atoms with Crippen molar-refractivity contribution in [1.29, 1.82) is 0 Å². The third kappa shape index (κ3) is 2.05. The zero-order valence-electron chi connectivity index (χ0n) is 12.5. The molecule has 4 rings (SSSR count). The van der Waals surface area contributed by atoms with E-state index in [0.717, 1.165) is 24.0 Å². The van der Waals surface area contributed by atoms with Crippen LogP contribution in [0.15, 0.2) is 35.9 Å². The van der Waals surface area contributed by atoms with Crippen LogP contribution in [-0.4, -0.2) is 18.0 Å². The normalized spacial score (nSPS) is 34.5. The minimum absolute atomic E-state index is 0.0394. The molecule has 0 saturated carbocycles. The first-order valence-corrected chi connectivity index (χ1v) is 7.83. The van der Waals surface area contributed by atoms with Crippen LogP contribution in [0, 0.1) is 11.8 Å². The fraction of sp³-hybridized carbons (Fsp3) is 0.444. The van der Waals surface area contributed by atoms with Gasteiger partial charge in [0.2, 0.25) is 0 Å². The summed E-state index contributed by atoms with van der Waals surface area (Å²) in [5, 5.41) is 0. The molecule has 0 aromatic heterocycles. The first-order valence-electron chi connectivity index (χ1n) is 7.83. The second-order valence-electron chi connectivity index (χ2n) is 6.43. The summed E-state index contributed by atoms with van der Waals surface area (Å²) >= 11 is 0. The highest BCUT2D eigenvalue weighted by atomic mass is 16.6. The van der Waals surface area contributed by atoms with Crippen LogP contribution < -0.4 is 0 Å². The minimum atomic E-state index is -0.220. The Bertz CT molecular complexity index is 675. The number of hydrogen-bond donors (Lipinski definition) is 0. The molecule has 4 heteroatoms. The van der Waals surface area contributed by atoms with Crippen LogP contribution in [0.25, 0.3) is 0 Å². The second kappa shape index (κ2) is 4.97. The highest BCUT2D eigenvalue weighted by Gasteiger charge is 2.45. The number of esters is 2. The molecule has 1 aromatic rings. The average molecular weight is 298 g/mol. The summed E-state index contributed by atoms with van der Waals surface area (Å²) < 4.78 is 10.9. The van der Waals surface area contributed by atoms with E-state index in [-0.39, 0.29) is 36.0 Å². The molecule has 2 saturated heterocycles. The lowest BCUT2D eigenvalue weighted by molar-refractivity contribution is -0.143. The fourth-order valence-corrected chi connectivity index (χ4v) is 3.77. The first-order chi connectivity index (χ1) is 10.6. The second-order valence-corrected chi connectivity index (χ2v) is 6.43. The van der Waals surface area contributed by atoms with Crippen molar-refractivity contribution in [3.05, 3.63) is 47.0 Å². The molecule has 114 valence electrons. The predicted octanol–water partition coefficient (Wildman–Crippen LogP) is 2.72. The van der Waals surface area contributed by atoms with Gasteiger partial charge in [-0.1, -0.05) is 37.3 Å². The Balaban J connectivity index is 1.53. The van der Waals surface area contributed by atoms with Crippen LogP contribution in [0.5, 0.6) is 0 Å². The van der Waals surface area contributed by atoms with Gasteiger partial charge in [-0.15, -0.1) is 0 Å². The van der Waals surface area contributed by atoms with Crippen LogP contribution >= 0.6 is 0 Å². The zero-order chi connectivity index (χ0) is 15.3. The summed E-state index contributed by atoms with van der Waals surface area (Å²) in [4.78, 5) is 23.6.